The number of anilines is 1. The molecule has 4 amide bonds. The van der Waals surface area contributed by atoms with E-state index in [-0.39, 0.29) is 29.8 Å². The first-order valence-corrected chi connectivity index (χ1v) is 19.5. The van der Waals surface area contributed by atoms with Crippen molar-refractivity contribution in [1.29, 1.82) is 0 Å². The second-order valence-corrected chi connectivity index (χ2v) is 14.9. The van der Waals surface area contributed by atoms with Gasteiger partial charge in [-0.05, 0) is 91.9 Å². The molecule has 13 heteroatoms. The lowest BCUT2D eigenvalue weighted by Gasteiger charge is -2.36. The molecule has 2 aromatic heterocycles. The van der Waals surface area contributed by atoms with E-state index in [1.165, 1.54) is 0 Å². The number of ketones is 1. The van der Waals surface area contributed by atoms with Gasteiger partial charge in [0.1, 0.15) is 17.5 Å². The summed E-state index contributed by atoms with van der Waals surface area (Å²) in [5, 5.41) is 7.26. The second-order valence-electron chi connectivity index (χ2n) is 14.9. The molecule has 3 aromatic carbocycles. The Hall–Kier alpha value is -6.47. The molecular weight excluding hydrogens is 723 g/mol. The summed E-state index contributed by atoms with van der Waals surface area (Å²) < 4.78 is 7.95. The van der Waals surface area contributed by atoms with Crippen molar-refractivity contribution in [2.45, 2.75) is 44.6 Å². The summed E-state index contributed by atoms with van der Waals surface area (Å²) in [5.41, 5.74) is 8.32. The molecule has 1 unspecified atom stereocenters. The number of rotatable bonds is 11. The lowest BCUT2D eigenvalue weighted by atomic mass is 9.98. The number of imide groups is 2. The molecule has 0 saturated carbocycles. The van der Waals surface area contributed by atoms with Gasteiger partial charge in [0.2, 0.25) is 11.8 Å². The Balaban J connectivity index is 0.779. The minimum atomic E-state index is -1.01. The van der Waals surface area contributed by atoms with Crippen molar-refractivity contribution in [3.8, 4) is 33.8 Å². The molecule has 2 fully saturated rings. The molecule has 5 aromatic rings. The number of unbranched alkanes of at least 4 members (excludes halogenated alkanes) is 1. The van der Waals surface area contributed by atoms with Gasteiger partial charge < -0.3 is 9.64 Å². The van der Waals surface area contributed by atoms with Crippen molar-refractivity contribution in [1.82, 2.24) is 29.9 Å². The van der Waals surface area contributed by atoms with Crippen LogP contribution < -0.4 is 15.0 Å². The first-order valence-electron chi connectivity index (χ1n) is 19.5. The summed E-state index contributed by atoms with van der Waals surface area (Å²) in [7, 11) is 0. The number of carbonyl (C=O) groups is 5. The zero-order valence-corrected chi connectivity index (χ0v) is 31.4. The fourth-order valence-corrected chi connectivity index (χ4v) is 8.33. The summed E-state index contributed by atoms with van der Waals surface area (Å²) in [4.78, 5) is 72.8. The highest BCUT2D eigenvalue weighted by Crippen LogP contribution is 2.36. The standard InChI is InChI=1S/C44H41N7O6/c52-37-14-7-29-26-30(6-12-33(29)37)35-27-50(47-41(35)28-16-18-45-19-17-28)32-10-8-31(9-11-32)49-23-21-48(22-24-49)20-1-2-25-57-38-5-3-4-34-40(38)44(56)51(43(34)55)36-13-15-39(53)46-42(36)54/h3-6,8-12,16-19,26-27,36H,1-2,7,13-15,20-25H2,(H,46,53,54). The molecule has 1 N–H and O–H groups in total. The molecule has 288 valence electrons. The highest BCUT2D eigenvalue weighted by atomic mass is 16.5. The van der Waals surface area contributed by atoms with Gasteiger partial charge in [-0.3, -0.25) is 44.1 Å². The molecule has 2 saturated heterocycles. The van der Waals surface area contributed by atoms with Crippen molar-refractivity contribution in [3.63, 3.8) is 0 Å². The van der Waals surface area contributed by atoms with Gasteiger partial charge in [-0.2, -0.15) is 5.10 Å². The van der Waals surface area contributed by atoms with Gasteiger partial charge in [-0.25, -0.2) is 4.68 Å². The van der Waals surface area contributed by atoms with E-state index < -0.39 is 29.7 Å². The van der Waals surface area contributed by atoms with Crippen LogP contribution in [0, 0.1) is 0 Å². The molecule has 0 radical (unpaired) electrons. The molecule has 4 aliphatic rings. The SMILES string of the molecule is O=C1CCC(N2C(=O)c3cccc(OCCCCN4CCN(c5ccc(-n6cc(-c7ccc8c(c7)CCC8=O)c(-c7ccncc7)n6)cc5)CC4)c3C2=O)C(=O)N1. The average molecular weight is 764 g/mol. The minimum absolute atomic E-state index is 0.0714. The largest absolute Gasteiger partial charge is 0.493 e. The van der Waals surface area contributed by atoms with E-state index >= 15 is 0 Å². The number of piperazine rings is 1. The molecule has 1 aliphatic carbocycles. The number of aromatic nitrogens is 3. The number of fused-ring (bicyclic) bond motifs is 2. The molecule has 5 heterocycles. The quantitative estimate of drug-likeness (QED) is 0.142. The summed E-state index contributed by atoms with van der Waals surface area (Å²) in [6.45, 7) is 5.00. The Kier molecular flexibility index (Phi) is 9.67. The van der Waals surface area contributed by atoms with Crippen LogP contribution in [0.3, 0.4) is 0 Å². The van der Waals surface area contributed by atoms with Crippen LogP contribution in [0.15, 0.2) is 91.4 Å². The van der Waals surface area contributed by atoms with Crippen LogP contribution in [0.1, 0.15) is 68.7 Å². The van der Waals surface area contributed by atoms with E-state index in [4.69, 9.17) is 9.84 Å². The van der Waals surface area contributed by atoms with Crippen LogP contribution in [0.2, 0.25) is 0 Å². The number of amides is 4. The number of hydrogen-bond acceptors (Lipinski definition) is 10. The number of benzene rings is 3. The summed E-state index contributed by atoms with van der Waals surface area (Å²) >= 11 is 0. The van der Waals surface area contributed by atoms with E-state index in [2.05, 4.69) is 56.6 Å². The van der Waals surface area contributed by atoms with Crippen molar-refractivity contribution in [2.24, 2.45) is 0 Å². The Bertz CT molecular complexity index is 2400. The van der Waals surface area contributed by atoms with E-state index in [1.54, 1.807) is 30.6 Å². The molecular formula is C44H41N7O6. The van der Waals surface area contributed by atoms with Crippen LogP contribution in [0.4, 0.5) is 5.69 Å². The van der Waals surface area contributed by atoms with E-state index in [0.29, 0.717) is 18.8 Å². The Labute approximate surface area is 329 Å². The average Bonchev–Trinajstić information content (AvgIpc) is 3.92. The van der Waals surface area contributed by atoms with E-state index in [0.717, 1.165) is 102 Å². The normalized spacial score (nSPS) is 18.2. The summed E-state index contributed by atoms with van der Waals surface area (Å²) in [6.07, 6.45) is 8.82. The molecule has 13 nitrogen and oxygen atoms in total. The minimum Gasteiger partial charge on any atom is -0.493 e. The summed E-state index contributed by atoms with van der Waals surface area (Å²) in [6, 6.07) is 22.5. The predicted octanol–water partition coefficient (Wildman–Crippen LogP) is 5.11. The van der Waals surface area contributed by atoms with Gasteiger partial charge in [-0.1, -0.05) is 24.3 Å². The number of hydrogen-bond donors (Lipinski definition) is 1. The first kappa shape index (κ1) is 36.2. The third kappa shape index (κ3) is 6.99. The number of pyridine rings is 1. The fraction of sp³-hybridized carbons (Fsp3) is 0.295. The molecule has 3 aliphatic heterocycles. The number of carbonyl (C=O) groups excluding carboxylic acids is 5. The van der Waals surface area contributed by atoms with Crippen molar-refractivity contribution < 1.29 is 28.7 Å². The number of nitrogens with zero attached hydrogens (tertiary/aromatic N) is 6. The maximum atomic E-state index is 13.3. The molecule has 57 heavy (non-hydrogen) atoms. The van der Waals surface area contributed by atoms with Crippen LogP contribution in [0.5, 0.6) is 5.75 Å². The van der Waals surface area contributed by atoms with E-state index in [1.807, 2.05) is 28.9 Å². The highest BCUT2D eigenvalue weighted by Gasteiger charge is 2.46. The Morgan fingerprint density at radius 3 is 2.32 bits per heavy atom. The van der Waals surface area contributed by atoms with Crippen molar-refractivity contribution in [3.05, 3.63) is 114 Å². The zero-order valence-electron chi connectivity index (χ0n) is 31.4. The lowest BCUT2D eigenvalue weighted by Crippen LogP contribution is -2.54. The number of piperidine rings is 1. The van der Waals surface area contributed by atoms with Crippen LogP contribution in [-0.2, 0) is 16.0 Å². The van der Waals surface area contributed by atoms with Gasteiger partial charge >= 0.3 is 0 Å². The predicted molar refractivity (Wildman–Crippen MR) is 211 cm³/mol. The molecule has 0 bridgehead atoms. The molecule has 0 spiro atoms. The number of nitrogens with one attached hydrogen (secondary N) is 1. The Morgan fingerprint density at radius 2 is 1.53 bits per heavy atom. The lowest BCUT2D eigenvalue weighted by molar-refractivity contribution is -0.136. The highest BCUT2D eigenvalue weighted by molar-refractivity contribution is 6.24. The number of aryl methyl sites for hydroxylation is 1. The van der Waals surface area contributed by atoms with Gasteiger partial charge in [-0.15, -0.1) is 0 Å². The monoisotopic (exact) mass is 763 g/mol. The van der Waals surface area contributed by atoms with Gasteiger partial charge in [0, 0.05) is 80.0 Å². The van der Waals surface area contributed by atoms with E-state index in [9.17, 15) is 24.0 Å². The third-order valence-corrected chi connectivity index (χ3v) is 11.4. The first-order chi connectivity index (χ1) is 27.8. The Morgan fingerprint density at radius 1 is 0.737 bits per heavy atom. The second kappa shape index (κ2) is 15.2. The van der Waals surface area contributed by atoms with Crippen LogP contribution in [-0.4, -0.2) is 99.3 Å². The third-order valence-electron chi connectivity index (χ3n) is 11.4. The van der Waals surface area contributed by atoms with Crippen LogP contribution >= 0.6 is 0 Å². The molecule has 9 rings (SSSR count). The van der Waals surface area contributed by atoms with Gasteiger partial charge in [0.25, 0.3) is 11.8 Å². The zero-order chi connectivity index (χ0) is 39.0. The maximum Gasteiger partial charge on any atom is 0.266 e. The van der Waals surface area contributed by atoms with Crippen molar-refractivity contribution in [2.75, 3.05) is 44.2 Å². The van der Waals surface area contributed by atoms with Gasteiger partial charge in [0.05, 0.1) is 23.4 Å². The smallest absolute Gasteiger partial charge is 0.266 e. The summed E-state index contributed by atoms with van der Waals surface area (Å²) in [5.74, 6) is -1.61. The molecule has 1 atom stereocenters. The number of ether oxygens (including phenoxy) is 1. The topological polar surface area (TPSA) is 147 Å². The number of Topliss-reactive ketones (excluding diaryl/α,β-unsaturated/α-hetero) is 1. The van der Waals surface area contributed by atoms with Gasteiger partial charge in [0.15, 0.2) is 5.78 Å². The van der Waals surface area contributed by atoms with Crippen LogP contribution in [0.25, 0.3) is 28.1 Å². The maximum absolute atomic E-state index is 13.3. The van der Waals surface area contributed by atoms with Crippen molar-refractivity contribution >= 4 is 35.1 Å². The fourth-order valence-electron chi connectivity index (χ4n) is 8.33.